The molecule has 0 aliphatic heterocycles. The van der Waals surface area contributed by atoms with Gasteiger partial charge in [0.2, 0.25) is 0 Å². The molecule has 1 N–H and O–H groups in total. The van der Waals surface area contributed by atoms with Crippen LogP contribution in [0.4, 0.5) is 0 Å². The molecule has 0 amide bonds. The molecule has 1 unspecified atom stereocenters. The van der Waals surface area contributed by atoms with Crippen molar-refractivity contribution < 1.29 is 19.4 Å². The molecule has 0 saturated carbocycles. The van der Waals surface area contributed by atoms with Gasteiger partial charge in [0.15, 0.2) is 12.4 Å². The summed E-state index contributed by atoms with van der Waals surface area (Å²) in [4.78, 5) is 21.0. The van der Waals surface area contributed by atoms with Crippen molar-refractivity contribution in [3.05, 3.63) is 29.8 Å². The standard InChI is InChI=1S/C10H10O4/c1-7(10(12)13)14-9-5-3-2-4-8(9)6-11/h2-7H,1H3,(H,12,13). The molecule has 14 heavy (non-hydrogen) atoms. The lowest BCUT2D eigenvalue weighted by atomic mass is 10.2. The lowest BCUT2D eigenvalue weighted by Gasteiger charge is -2.11. The molecule has 0 saturated heterocycles. The number of carbonyl (C=O) groups is 2. The third-order valence-corrected chi connectivity index (χ3v) is 1.70. The highest BCUT2D eigenvalue weighted by molar-refractivity contribution is 5.79. The van der Waals surface area contributed by atoms with Gasteiger partial charge in [0.25, 0.3) is 0 Å². The van der Waals surface area contributed by atoms with Crippen LogP contribution >= 0.6 is 0 Å². The van der Waals surface area contributed by atoms with E-state index in [0.29, 0.717) is 11.8 Å². The number of aldehydes is 1. The first-order valence-electron chi connectivity index (χ1n) is 4.09. The average Bonchev–Trinajstić information content (AvgIpc) is 2.18. The fourth-order valence-corrected chi connectivity index (χ4v) is 0.926. The van der Waals surface area contributed by atoms with Crippen LogP contribution in [0.3, 0.4) is 0 Å². The van der Waals surface area contributed by atoms with Crippen molar-refractivity contribution in [1.29, 1.82) is 0 Å². The van der Waals surface area contributed by atoms with E-state index < -0.39 is 12.1 Å². The molecule has 0 aromatic heterocycles. The second-order valence-corrected chi connectivity index (χ2v) is 2.75. The highest BCUT2D eigenvalue weighted by Crippen LogP contribution is 2.17. The van der Waals surface area contributed by atoms with Gasteiger partial charge >= 0.3 is 5.97 Å². The maximum atomic E-state index is 10.6. The predicted molar refractivity (Wildman–Crippen MR) is 49.6 cm³/mol. The van der Waals surface area contributed by atoms with Crippen LogP contribution < -0.4 is 4.74 Å². The molecule has 4 nitrogen and oxygen atoms in total. The second kappa shape index (κ2) is 4.41. The summed E-state index contributed by atoms with van der Waals surface area (Å²) in [5.41, 5.74) is 0.348. The first-order valence-corrected chi connectivity index (χ1v) is 4.09. The number of ether oxygens (including phenoxy) is 1. The van der Waals surface area contributed by atoms with Crippen molar-refractivity contribution >= 4 is 12.3 Å². The third-order valence-electron chi connectivity index (χ3n) is 1.70. The minimum absolute atomic E-state index is 0.289. The van der Waals surface area contributed by atoms with Crippen LogP contribution in [0.15, 0.2) is 24.3 Å². The van der Waals surface area contributed by atoms with Crippen molar-refractivity contribution in [1.82, 2.24) is 0 Å². The number of para-hydroxylation sites is 1. The molecule has 0 fully saturated rings. The van der Waals surface area contributed by atoms with Crippen LogP contribution in [0, 0.1) is 0 Å². The smallest absolute Gasteiger partial charge is 0.344 e. The van der Waals surface area contributed by atoms with Crippen LogP contribution in [-0.4, -0.2) is 23.5 Å². The summed E-state index contributed by atoms with van der Waals surface area (Å²) < 4.78 is 5.07. The number of carbonyl (C=O) groups excluding carboxylic acids is 1. The minimum Gasteiger partial charge on any atom is -0.479 e. The Morgan fingerprint density at radius 1 is 1.50 bits per heavy atom. The first-order chi connectivity index (χ1) is 6.65. The van der Waals surface area contributed by atoms with Crippen LogP contribution in [0.2, 0.25) is 0 Å². The van der Waals surface area contributed by atoms with Gasteiger partial charge in [-0.1, -0.05) is 12.1 Å². The van der Waals surface area contributed by atoms with Crippen LogP contribution in [-0.2, 0) is 4.79 Å². The molecular formula is C10H10O4. The van der Waals surface area contributed by atoms with E-state index in [2.05, 4.69) is 0 Å². The molecule has 1 aromatic carbocycles. The number of carboxylic acids is 1. The summed E-state index contributed by atoms with van der Waals surface area (Å²) in [6.45, 7) is 1.41. The number of rotatable bonds is 4. The van der Waals surface area contributed by atoms with Gasteiger partial charge in [-0.25, -0.2) is 4.79 Å². The number of benzene rings is 1. The Balaban J connectivity index is 2.85. The van der Waals surface area contributed by atoms with Gasteiger partial charge in [-0.15, -0.1) is 0 Å². The van der Waals surface area contributed by atoms with E-state index in [4.69, 9.17) is 9.84 Å². The zero-order chi connectivity index (χ0) is 10.6. The highest BCUT2D eigenvalue weighted by atomic mass is 16.5. The number of carboxylic acid groups (broad SMARTS) is 1. The second-order valence-electron chi connectivity index (χ2n) is 2.75. The quantitative estimate of drug-likeness (QED) is 0.735. The van der Waals surface area contributed by atoms with Gasteiger partial charge in [0.1, 0.15) is 5.75 Å². The zero-order valence-electron chi connectivity index (χ0n) is 7.64. The van der Waals surface area contributed by atoms with E-state index in [9.17, 15) is 9.59 Å². The summed E-state index contributed by atoms with van der Waals surface area (Å²) in [5.74, 6) is -0.775. The van der Waals surface area contributed by atoms with Gasteiger partial charge in [0, 0.05) is 0 Å². The van der Waals surface area contributed by atoms with E-state index in [0.717, 1.165) is 0 Å². The monoisotopic (exact) mass is 194 g/mol. The fraction of sp³-hybridized carbons (Fsp3) is 0.200. The Morgan fingerprint density at radius 2 is 2.14 bits per heavy atom. The van der Waals surface area contributed by atoms with Gasteiger partial charge in [0.05, 0.1) is 5.56 Å². The first kappa shape index (κ1) is 10.2. The summed E-state index contributed by atoms with van der Waals surface area (Å²) in [7, 11) is 0. The molecular weight excluding hydrogens is 184 g/mol. The Kier molecular flexibility index (Phi) is 3.23. The van der Waals surface area contributed by atoms with Gasteiger partial charge in [-0.2, -0.15) is 0 Å². The Bertz CT molecular complexity index is 346. The molecule has 74 valence electrons. The van der Waals surface area contributed by atoms with Crippen molar-refractivity contribution in [3.63, 3.8) is 0 Å². The van der Waals surface area contributed by atoms with Crippen molar-refractivity contribution in [2.45, 2.75) is 13.0 Å². The van der Waals surface area contributed by atoms with Gasteiger partial charge in [-0.05, 0) is 19.1 Å². The Hall–Kier alpha value is -1.84. The number of aliphatic carboxylic acids is 1. The minimum atomic E-state index is -1.06. The summed E-state index contributed by atoms with van der Waals surface area (Å²) in [6, 6.07) is 6.49. The number of hydrogen-bond acceptors (Lipinski definition) is 3. The molecule has 1 atom stereocenters. The van der Waals surface area contributed by atoms with Gasteiger partial charge in [-0.3, -0.25) is 4.79 Å². The average molecular weight is 194 g/mol. The van der Waals surface area contributed by atoms with Crippen LogP contribution in [0.1, 0.15) is 17.3 Å². The summed E-state index contributed by atoms with van der Waals surface area (Å²) in [5, 5.41) is 8.59. The van der Waals surface area contributed by atoms with E-state index in [1.54, 1.807) is 24.3 Å². The molecule has 0 heterocycles. The van der Waals surface area contributed by atoms with E-state index in [-0.39, 0.29) is 5.75 Å². The predicted octanol–water partition coefficient (Wildman–Crippen LogP) is 1.35. The van der Waals surface area contributed by atoms with Crippen LogP contribution in [0.25, 0.3) is 0 Å². The van der Waals surface area contributed by atoms with E-state index in [1.807, 2.05) is 0 Å². The summed E-state index contributed by atoms with van der Waals surface area (Å²) in [6.07, 6.45) is -0.333. The maximum absolute atomic E-state index is 10.6. The van der Waals surface area contributed by atoms with Crippen molar-refractivity contribution in [3.8, 4) is 5.75 Å². The largest absolute Gasteiger partial charge is 0.479 e. The van der Waals surface area contributed by atoms with Gasteiger partial charge < -0.3 is 9.84 Å². The zero-order valence-corrected chi connectivity index (χ0v) is 7.64. The molecule has 0 radical (unpaired) electrons. The SMILES string of the molecule is CC(Oc1ccccc1C=O)C(=O)O. The number of hydrogen-bond donors (Lipinski definition) is 1. The molecule has 0 aliphatic rings. The molecule has 0 aliphatic carbocycles. The van der Waals surface area contributed by atoms with Crippen molar-refractivity contribution in [2.24, 2.45) is 0 Å². The Labute approximate surface area is 81.1 Å². The lowest BCUT2D eigenvalue weighted by Crippen LogP contribution is -2.23. The molecule has 1 aromatic rings. The maximum Gasteiger partial charge on any atom is 0.344 e. The molecule has 4 heteroatoms. The topological polar surface area (TPSA) is 63.6 Å². The van der Waals surface area contributed by atoms with E-state index >= 15 is 0 Å². The summed E-state index contributed by atoms with van der Waals surface area (Å²) >= 11 is 0. The van der Waals surface area contributed by atoms with Crippen LogP contribution in [0.5, 0.6) is 5.75 Å². The Morgan fingerprint density at radius 3 is 2.71 bits per heavy atom. The van der Waals surface area contributed by atoms with Crippen molar-refractivity contribution in [2.75, 3.05) is 0 Å². The lowest BCUT2D eigenvalue weighted by molar-refractivity contribution is -0.144. The molecule has 0 bridgehead atoms. The fourth-order valence-electron chi connectivity index (χ4n) is 0.926. The third kappa shape index (κ3) is 2.32. The molecule has 1 rings (SSSR count). The highest BCUT2D eigenvalue weighted by Gasteiger charge is 2.13. The molecule has 0 spiro atoms. The normalized spacial score (nSPS) is 11.8. The van der Waals surface area contributed by atoms with E-state index in [1.165, 1.54) is 6.92 Å².